The van der Waals surface area contributed by atoms with Crippen molar-refractivity contribution in [3.05, 3.63) is 69.8 Å². The van der Waals surface area contributed by atoms with Gasteiger partial charge in [-0.05, 0) is 18.2 Å². The van der Waals surface area contributed by atoms with Crippen molar-refractivity contribution >= 4 is 0 Å². The van der Waals surface area contributed by atoms with E-state index in [4.69, 9.17) is 4.42 Å². The summed E-state index contributed by atoms with van der Waals surface area (Å²) in [4.78, 5) is 21.6. The fourth-order valence-electron chi connectivity index (χ4n) is 3.25. The minimum atomic E-state index is -4.76. The maximum Gasteiger partial charge on any atom is 0.573 e. The van der Waals surface area contributed by atoms with Crippen LogP contribution in [0.3, 0.4) is 0 Å². The second kappa shape index (κ2) is 7.16. The van der Waals surface area contributed by atoms with Gasteiger partial charge in [0.15, 0.2) is 11.6 Å². The van der Waals surface area contributed by atoms with E-state index in [0.717, 1.165) is 0 Å². The molecule has 6 nitrogen and oxygen atoms in total. The number of alkyl halides is 3. The van der Waals surface area contributed by atoms with Gasteiger partial charge in [-0.1, -0.05) is 18.2 Å². The number of nitrogens with one attached hydrogen (secondary N) is 1. The minimum Gasteiger partial charge on any atom is -0.461 e. The monoisotopic (exact) mass is 391 g/mol. The quantitative estimate of drug-likeness (QED) is 0.737. The van der Waals surface area contributed by atoms with Crippen LogP contribution in [0.4, 0.5) is 13.2 Å². The van der Waals surface area contributed by atoms with E-state index in [9.17, 15) is 18.0 Å². The average Bonchev–Trinajstić information content (AvgIpc) is 3.17. The third-order valence-corrected chi connectivity index (χ3v) is 4.49. The molecule has 9 heteroatoms. The van der Waals surface area contributed by atoms with Crippen molar-refractivity contribution in [1.29, 1.82) is 0 Å². The van der Waals surface area contributed by atoms with Gasteiger partial charge in [0.2, 0.25) is 0 Å². The molecule has 4 rings (SSSR count). The highest BCUT2D eigenvalue weighted by Gasteiger charge is 2.32. The molecule has 28 heavy (non-hydrogen) atoms. The number of hydrogen-bond acceptors (Lipinski definition) is 5. The van der Waals surface area contributed by atoms with Crippen LogP contribution in [-0.4, -0.2) is 27.8 Å². The number of benzene rings is 1. The highest BCUT2D eigenvalue weighted by Crippen LogP contribution is 2.28. The van der Waals surface area contributed by atoms with Gasteiger partial charge in [0.05, 0.1) is 17.5 Å². The van der Waals surface area contributed by atoms with Crippen LogP contribution >= 0.6 is 0 Å². The zero-order chi connectivity index (χ0) is 19.7. The maximum absolute atomic E-state index is 12.6. The van der Waals surface area contributed by atoms with Crippen molar-refractivity contribution in [3.8, 4) is 17.3 Å². The zero-order valence-electron chi connectivity index (χ0n) is 14.6. The lowest BCUT2D eigenvalue weighted by Gasteiger charge is -2.28. The van der Waals surface area contributed by atoms with Crippen LogP contribution in [0.2, 0.25) is 0 Å². The van der Waals surface area contributed by atoms with Gasteiger partial charge >= 0.3 is 6.36 Å². The van der Waals surface area contributed by atoms with Crippen LogP contribution in [-0.2, 0) is 19.5 Å². The molecular formula is C19H16F3N3O3. The van der Waals surface area contributed by atoms with Gasteiger partial charge in [-0.25, -0.2) is 4.98 Å². The van der Waals surface area contributed by atoms with E-state index in [1.165, 1.54) is 18.4 Å². The summed E-state index contributed by atoms with van der Waals surface area (Å²) in [6.07, 6.45) is -2.75. The number of hydrogen-bond donors (Lipinski definition) is 1. The van der Waals surface area contributed by atoms with E-state index in [1.54, 1.807) is 24.3 Å². The van der Waals surface area contributed by atoms with Gasteiger partial charge in [-0.3, -0.25) is 9.69 Å². The normalized spacial score (nSPS) is 14.7. The Labute approximate surface area is 157 Å². The molecule has 1 N–H and O–H groups in total. The van der Waals surface area contributed by atoms with Crippen LogP contribution in [0.25, 0.3) is 11.6 Å². The Kier molecular flexibility index (Phi) is 4.68. The summed E-state index contributed by atoms with van der Waals surface area (Å²) in [6, 6.07) is 9.42. The molecule has 0 aliphatic carbocycles. The van der Waals surface area contributed by atoms with Gasteiger partial charge in [0, 0.05) is 31.6 Å². The van der Waals surface area contributed by atoms with Crippen molar-refractivity contribution in [2.24, 2.45) is 0 Å². The van der Waals surface area contributed by atoms with E-state index in [2.05, 4.69) is 14.7 Å². The van der Waals surface area contributed by atoms with E-state index in [0.29, 0.717) is 41.4 Å². The first kappa shape index (κ1) is 18.3. The van der Waals surface area contributed by atoms with Crippen molar-refractivity contribution in [1.82, 2.24) is 14.9 Å². The number of aromatic amines is 1. The molecule has 0 amide bonds. The Morgan fingerprint density at radius 1 is 1.21 bits per heavy atom. The molecule has 146 valence electrons. The summed E-state index contributed by atoms with van der Waals surface area (Å²) < 4.78 is 47.2. The molecule has 0 bridgehead atoms. The summed E-state index contributed by atoms with van der Waals surface area (Å²) in [5, 5.41) is 0. The van der Waals surface area contributed by atoms with Crippen molar-refractivity contribution in [2.45, 2.75) is 25.9 Å². The van der Waals surface area contributed by atoms with Gasteiger partial charge in [-0.2, -0.15) is 0 Å². The minimum absolute atomic E-state index is 0.227. The number of ether oxygens (including phenoxy) is 1. The molecule has 0 saturated carbocycles. The summed E-state index contributed by atoms with van der Waals surface area (Å²) in [7, 11) is 0. The fourth-order valence-corrected chi connectivity index (χ4v) is 3.25. The molecule has 0 unspecified atom stereocenters. The van der Waals surface area contributed by atoms with E-state index in [-0.39, 0.29) is 24.4 Å². The fraction of sp³-hybridized carbons (Fsp3) is 0.263. The standard InChI is InChI=1S/C19H16F3N3O3/c20-19(21,22)28-15-5-2-1-4-12(15)10-25-8-7-14-13(11-25)18(26)24-17(23-14)16-6-3-9-27-16/h1-6,9H,7-8,10-11H2,(H,23,24,26). The highest BCUT2D eigenvalue weighted by atomic mass is 19.4. The van der Waals surface area contributed by atoms with Crippen molar-refractivity contribution in [2.75, 3.05) is 6.54 Å². The number of aromatic nitrogens is 2. The second-order valence-electron chi connectivity index (χ2n) is 6.43. The Morgan fingerprint density at radius 2 is 2.04 bits per heavy atom. The van der Waals surface area contributed by atoms with Gasteiger partial charge in [0.25, 0.3) is 5.56 Å². The third kappa shape index (κ3) is 3.94. The van der Waals surface area contributed by atoms with Crippen LogP contribution in [0, 0.1) is 0 Å². The first-order valence-corrected chi connectivity index (χ1v) is 8.61. The first-order chi connectivity index (χ1) is 13.4. The molecule has 2 aromatic heterocycles. The number of nitrogens with zero attached hydrogens (tertiary/aromatic N) is 2. The lowest BCUT2D eigenvalue weighted by Crippen LogP contribution is -2.35. The molecule has 1 aliphatic heterocycles. The average molecular weight is 391 g/mol. The number of fused-ring (bicyclic) bond motifs is 1. The molecule has 0 spiro atoms. The Morgan fingerprint density at radius 3 is 2.79 bits per heavy atom. The number of H-pyrrole nitrogens is 1. The molecule has 1 aliphatic rings. The molecule has 1 aromatic carbocycles. The van der Waals surface area contributed by atoms with Gasteiger partial charge in [-0.15, -0.1) is 13.2 Å². The number of rotatable bonds is 4. The van der Waals surface area contributed by atoms with Crippen LogP contribution in [0.5, 0.6) is 5.75 Å². The molecule has 0 radical (unpaired) electrons. The van der Waals surface area contributed by atoms with Gasteiger partial charge in [0.1, 0.15) is 5.75 Å². The topological polar surface area (TPSA) is 71.4 Å². The third-order valence-electron chi connectivity index (χ3n) is 4.49. The Balaban J connectivity index is 1.55. The van der Waals surface area contributed by atoms with Crippen LogP contribution in [0.15, 0.2) is 51.9 Å². The number of para-hydroxylation sites is 1. The lowest BCUT2D eigenvalue weighted by molar-refractivity contribution is -0.275. The predicted molar refractivity (Wildman–Crippen MR) is 93.5 cm³/mol. The molecule has 3 heterocycles. The largest absolute Gasteiger partial charge is 0.573 e. The summed E-state index contributed by atoms with van der Waals surface area (Å²) in [5.74, 6) is 0.604. The van der Waals surface area contributed by atoms with Crippen molar-refractivity contribution in [3.63, 3.8) is 0 Å². The summed E-state index contributed by atoms with van der Waals surface area (Å²) in [5.41, 5.74) is 1.31. The first-order valence-electron chi connectivity index (χ1n) is 8.61. The molecular weight excluding hydrogens is 375 g/mol. The summed E-state index contributed by atoms with van der Waals surface area (Å²) >= 11 is 0. The van der Waals surface area contributed by atoms with Crippen LogP contribution in [0.1, 0.15) is 16.8 Å². The van der Waals surface area contributed by atoms with Crippen LogP contribution < -0.4 is 10.3 Å². The van der Waals surface area contributed by atoms with E-state index in [1.807, 2.05) is 4.90 Å². The number of halogens is 3. The molecule has 0 fully saturated rings. The number of furan rings is 1. The van der Waals surface area contributed by atoms with E-state index >= 15 is 0 Å². The SMILES string of the molecule is O=c1[nH]c(-c2ccco2)nc2c1CN(Cc1ccccc1OC(F)(F)F)CC2. The molecule has 3 aromatic rings. The predicted octanol–water partition coefficient (Wildman–Crippen LogP) is 3.49. The Bertz CT molecular complexity index is 1030. The van der Waals surface area contributed by atoms with Crippen molar-refractivity contribution < 1.29 is 22.3 Å². The van der Waals surface area contributed by atoms with E-state index < -0.39 is 6.36 Å². The van der Waals surface area contributed by atoms with Gasteiger partial charge < -0.3 is 14.1 Å². The highest BCUT2D eigenvalue weighted by molar-refractivity contribution is 5.47. The Hall–Kier alpha value is -3.07. The molecule has 0 atom stereocenters. The smallest absolute Gasteiger partial charge is 0.461 e. The maximum atomic E-state index is 12.6. The zero-order valence-corrected chi connectivity index (χ0v) is 14.6. The summed E-state index contributed by atoms with van der Waals surface area (Å²) in [6.45, 7) is 1.07. The second-order valence-corrected chi connectivity index (χ2v) is 6.43. The lowest BCUT2D eigenvalue weighted by atomic mass is 10.1. The molecule has 0 saturated heterocycles.